The van der Waals surface area contributed by atoms with E-state index < -0.39 is 18.2 Å². The maximum atomic E-state index is 13.2. The molecule has 1 aromatic carbocycles. The number of likely N-dealkylation sites (N-methyl/N-ethyl adjacent to an activating group) is 1. The highest BCUT2D eigenvalue weighted by atomic mass is 19.4. The van der Waals surface area contributed by atoms with Crippen molar-refractivity contribution in [2.24, 2.45) is 0 Å². The highest BCUT2D eigenvalue weighted by Gasteiger charge is 2.41. The monoisotopic (exact) mass is 330 g/mol. The van der Waals surface area contributed by atoms with Crippen LogP contribution < -0.4 is 5.32 Å². The van der Waals surface area contributed by atoms with Crippen LogP contribution in [0.25, 0.3) is 0 Å². The molecule has 23 heavy (non-hydrogen) atoms. The average molecular weight is 330 g/mol. The van der Waals surface area contributed by atoms with Crippen molar-refractivity contribution in [3.05, 3.63) is 35.9 Å². The maximum absolute atomic E-state index is 13.2. The summed E-state index contributed by atoms with van der Waals surface area (Å²) in [6.07, 6.45) is -3.15. The number of halogens is 3. The molecule has 0 bridgehead atoms. The topological polar surface area (TPSA) is 41.6 Å². The van der Waals surface area contributed by atoms with Gasteiger partial charge in [0.2, 0.25) is 0 Å². The number of rotatable bonds is 5. The van der Waals surface area contributed by atoms with Crippen LogP contribution in [0.2, 0.25) is 0 Å². The van der Waals surface area contributed by atoms with Crippen molar-refractivity contribution in [2.45, 2.75) is 37.6 Å². The first-order chi connectivity index (χ1) is 10.9. The summed E-state index contributed by atoms with van der Waals surface area (Å²) < 4.78 is 44.9. The van der Waals surface area contributed by atoms with E-state index in [9.17, 15) is 18.0 Å². The highest BCUT2D eigenvalue weighted by Crippen LogP contribution is 2.23. The summed E-state index contributed by atoms with van der Waals surface area (Å²) in [5.74, 6) is 0. The van der Waals surface area contributed by atoms with E-state index in [4.69, 9.17) is 4.74 Å². The largest absolute Gasteiger partial charge is 0.408 e. The molecule has 0 aliphatic carbocycles. The Kier molecular flexibility index (Phi) is 5.87. The van der Waals surface area contributed by atoms with Gasteiger partial charge in [-0.25, -0.2) is 4.79 Å². The predicted octanol–water partition coefficient (Wildman–Crippen LogP) is 2.98. The van der Waals surface area contributed by atoms with Gasteiger partial charge in [-0.2, -0.15) is 13.2 Å². The summed E-state index contributed by atoms with van der Waals surface area (Å²) in [7, 11) is 1.48. The molecule has 2 amide bonds. The molecule has 1 heterocycles. The standard InChI is InChI=1S/C16H21F3N2O2/c1-21(11-13-8-5-9-23-13)15(22)20-14(16(17,18)19)10-12-6-3-2-4-7-12/h2-4,6-7,13-14H,5,8-11H2,1H3,(H,20,22)/t13-,14+/m0/s1. The highest BCUT2D eigenvalue weighted by molar-refractivity contribution is 5.74. The second-order valence-electron chi connectivity index (χ2n) is 5.75. The third kappa shape index (κ3) is 5.42. The summed E-state index contributed by atoms with van der Waals surface area (Å²) in [6, 6.07) is 5.66. The minimum absolute atomic E-state index is 0.0933. The van der Waals surface area contributed by atoms with Gasteiger partial charge in [0, 0.05) is 26.6 Å². The van der Waals surface area contributed by atoms with Crippen LogP contribution in [0.3, 0.4) is 0 Å². The van der Waals surface area contributed by atoms with Crippen LogP contribution in [0, 0.1) is 0 Å². The molecule has 0 saturated carbocycles. The Morgan fingerprint density at radius 2 is 2.09 bits per heavy atom. The molecular formula is C16H21F3N2O2. The number of amides is 2. The summed E-state index contributed by atoms with van der Waals surface area (Å²) in [5.41, 5.74) is 0.525. The molecule has 1 N–H and O–H groups in total. The van der Waals surface area contributed by atoms with Crippen LogP contribution in [0.5, 0.6) is 0 Å². The van der Waals surface area contributed by atoms with Crippen molar-refractivity contribution in [3.63, 3.8) is 0 Å². The van der Waals surface area contributed by atoms with Crippen LogP contribution in [-0.2, 0) is 11.2 Å². The van der Waals surface area contributed by atoms with Gasteiger partial charge in [-0.05, 0) is 18.4 Å². The summed E-state index contributed by atoms with van der Waals surface area (Å²) in [4.78, 5) is 13.3. The first kappa shape index (κ1) is 17.6. The van der Waals surface area contributed by atoms with E-state index in [0.717, 1.165) is 12.8 Å². The molecular weight excluding hydrogens is 309 g/mol. The maximum Gasteiger partial charge on any atom is 0.408 e. The average Bonchev–Trinajstić information content (AvgIpc) is 2.99. The van der Waals surface area contributed by atoms with Crippen LogP contribution in [-0.4, -0.2) is 49.5 Å². The van der Waals surface area contributed by atoms with Crippen molar-refractivity contribution < 1.29 is 22.7 Å². The van der Waals surface area contributed by atoms with Crippen molar-refractivity contribution >= 4 is 6.03 Å². The number of hydrogen-bond donors (Lipinski definition) is 1. The molecule has 1 aliphatic rings. The van der Waals surface area contributed by atoms with Crippen molar-refractivity contribution in [1.82, 2.24) is 10.2 Å². The molecule has 2 rings (SSSR count). The molecule has 4 nitrogen and oxygen atoms in total. The summed E-state index contributed by atoms with van der Waals surface area (Å²) in [5, 5.41) is 2.09. The number of alkyl halides is 3. The smallest absolute Gasteiger partial charge is 0.376 e. The molecule has 1 aliphatic heterocycles. The van der Waals surface area contributed by atoms with Gasteiger partial charge in [0.25, 0.3) is 0 Å². The molecule has 1 fully saturated rings. The van der Waals surface area contributed by atoms with E-state index in [1.54, 1.807) is 30.3 Å². The van der Waals surface area contributed by atoms with Crippen molar-refractivity contribution in [2.75, 3.05) is 20.2 Å². The number of nitrogens with one attached hydrogen (secondary N) is 1. The van der Waals surface area contributed by atoms with E-state index in [1.165, 1.54) is 11.9 Å². The Hall–Kier alpha value is -1.76. The van der Waals surface area contributed by atoms with Gasteiger partial charge in [-0.15, -0.1) is 0 Å². The Labute approximate surface area is 133 Å². The Balaban J connectivity index is 1.95. The predicted molar refractivity (Wildman–Crippen MR) is 80.1 cm³/mol. The van der Waals surface area contributed by atoms with Gasteiger partial charge < -0.3 is 15.0 Å². The van der Waals surface area contributed by atoms with Gasteiger partial charge in [-0.3, -0.25) is 0 Å². The van der Waals surface area contributed by atoms with Gasteiger partial charge in [0.05, 0.1) is 6.10 Å². The fourth-order valence-corrected chi connectivity index (χ4v) is 2.53. The summed E-state index contributed by atoms with van der Waals surface area (Å²) >= 11 is 0. The zero-order valence-electron chi connectivity index (χ0n) is 13.0. The number of benzene rings is 1. The summed E-state index contributed by atoms with van der Waals surface area (Å²) in [6.45, 7) is 0.932. The number of ether oxygens (including phenoxy) is 1. The van der Waals surface area contributed by atoms with E-state index in [-0.39, 0.29) is 12.5 Å². The number of carbonyl (C=O) groups is 1. The van der Waals surface area contributed by atoms with E-state index in [2.05, 4.69) is 5.32 Å². The lowest BCUT2D eigenvalue weighted by atomic mass is 10.1. The minimum atomic E-state index is -4.50. The molecule has 1 aromatic rings. The van der Waals surface area contributed by atoms with Gasteiger partial charge in [0.1, 0.15) is 6.04 Å². The van der Waals surface area contributed by atoms with Crippen LogP contribution >= 0.6 is 0 Å². The number of hydrogen-bond acceptors (Lipinski definition) is 2. The molecule has 0 aromatic heterocycles. The Morgan fingerprint density at radius 1 is 1.39 bits per heavy atom. The first-order valence-corrected chi connectivity index (χ1v) is 7.60. The molecule has 128 valence electrons. The zero-order valence-corrected chi connectivity index (χ0v) is 13.0. The third-order valence-electron chi connectivity index (χ3n) is 3.82. The first-order valence-electron chi connectivity index (χ1n) is 7.60. The van der Waals surface area contributed by atoms with E-state index in [1.807, 2.05) is 0 Å². The van der Waals surface area contributed by atoms with Crippen LogP contribution in [0.15, 0.2) is 30.3 Å². The van der Waals surface area contributed by atoms with Gasteiger partial charge in [-0.1, -0.05) is 30.3 Å². The van der Waals surface area contributed by atoms with Crippen LogP contribution in [0.1, 0.15) is 18.4 Å². The molecule has 0 unspecified atom stereocenters. The quantitative estimate of drug-likeness (QED) is 0.902. The van der Waals surface area contributed by atoms with Crippen molar-refractivity contribution in [3.8, 4) is 0 Å². The van der Waals surface area contributed by atoms with Crippen LogP contribution in [0.4, 0.5) is 18.0 Å². The van der Waals surface area contributed by atoms with Gasteiger partial charge in [0.15, 0.2) is 0 Å². The SMILES string of the molecule is CN(C[C@@H]1CCCO1)C(=O)N[C@H](Cc1ccccc1)C(F)(F)F. The number of nitrogens with zero attached hydrogens (tertiary/aromatic N) is 1. The fraction of sp³-hybridized carbons (Fsp3) is 0.562. The Bertz CT molecular complexity index is 502. The fourth-order valence-electron chi connectivity index (χ4n) is 2.53. The lowest BCUT2D eigenvalue weighted by molar-refractivity contribution is -0.153. The molecule has 1 saturated heterocycles. The third-order valence-corrected chi connectivity index (χ3v) is 3.82. The zero-order chi connectivity index (χ0) is 16.9. The molecule has 0 radical (unpaired) electrons. The lowest BCUT2D eigenvalue weighted by Gasteiger charge is -2.26. The second kappa shape index (κ2) is 7.68. The number of urea groups is 1. The molecule has 2 atom stereocenters. The lowest BCUT2D eigenvalue weighted by Crippen LogP contribution is -2.51. The minimum Gasteiger partial charge on any atom is -0.376 e. The number of carbonyl (C=O) groups excluding carboxylic acids is 1. The second-order valence-corrected chi connectivity index (χ2v) is 5.75. The normalized spacial score (nSPS) is 19.4. The Morgan fingerprint density at radius 3 is 2.65 bits per heavy atom. The van der Waals surface area contributed by atoms with E-state index in [0.29, 0.717) is 18.7 Å². The van der Waals surface area contributed by atoms with Gasteiger partial charge >= 0.3 is 12.2 Å². The molecule has 7 heteroatoms. The van der Waals surface area contributed by atoms with Crippen molar-refractivity contribution in [1.29, 1.82) is 0 Å². The van der Waals surface area contributed by atoms with E-state index >= 15 is 0 Å². The molecule has 0 spiro atoms.